The molecule has 0 spiro atoms. The number of rotatable bonds is 4. The monoisotopic (exact) mass is 211 g/mol. The average Bonchev–Trinajstić information content (AvgIpc) is 2.48. The summed E-state index contributed by atoms with van der Waals surface area (Å²) in [5.41, 5.74) is 0.188. The van der Waals surface area contributed by atoms with Crippen molar-refractivity contribution in [1.29, 1.82) is 0 Å². The van der Waals surface area contributed by atoms with E-state index in [4.69, 9.17) is 0 Å². The van der Waals surface area contributed by atoms with Crippen LogP contribution in [0.2, 0.25) is 0 Å². The van der Waals surface area contributed by atoms with E-state index in [-0.39, 0.29) is 5.54 Å². The number of hydrogen-bond acceptors (Lipinski definition) is 2. The molecule has 1 heterocycles. The Bertz CT molecular complexity index is 252. The highest BCUT2D eigenvalue weighted by Crippen LogP contribution is 2.42. The van der Waals surface area contributed by atoms with Gasteiger partial charge in [0, 0.05) is 5.71 Å². The Morgan fingerprint density at radius 3 is 1.73 bits per heavy atom. The number of hydrogen-bond donors (Lipinski definition) is 0. The van der Waals surface area contributed by atoms with Crippen LogP contribution < -0.4 is 0 Å². The molecule has 3 heteroatoms. The molecule has 0 saturated heterocycles. The molecule has 1 aliphatic heterocycles. The van der Waals surface area contributed by atoms with Crippen LogP contribution in [0.25, 0.3) is 0 Å². The molecule has 3 nitrogen and oxygen atoms in total. The number of hydroxylamine groups is 2. The largest absolute Gasteiger partial charge is 0.268 e. The van der Waals surface area contributed by atoms with Crippen LogP contribution in [0, 0.1) is 0 Å². The molecule has 0 fully saturated rings. The van der Waals surface area contributed by atoms with E-state index in [1.54, 1.807) is 0 Å². The zero-order valence-electron chi connectivity index (χ0n) is 10.6. The molecular formula is C12H23N2O. The fourth-order valence-corrected chi connectivity index (χ4v) is 2.75. The van der Waals surface area contributed by atoms with Gasteiger partial charge in [-0.15, -0.1) is 10.3 Å². The van der Waals surface area contributed by atoms with Crippen molar-refractivity contribution in [2.75, 3.05) is 0 Å². The van der Waals surface area contributed by atoms with Crippen molar-refractivity contribution in [2.24, 2.45) is 4.99 Å². The van der Waals surface area contributed by atoms with Crippen LogP contribution in [0.5, 0.6) is 0 Å². The van der Waals surface area contributed by atoms with Gasteiger partial charge in [-0.2, -0.15) is 0 Å². The van der Waals surface area contributed by atoms with Crippen LogP contribution in [0.15, 0.2) is 4.99 Å². The van der Waals surface area contributed by atoms with E-state index in [2.05, 4.69) is 18.8 Å². The Morgan fingerprint density at radius 1 is 1.07 bits per heavy atom. The lowest BCUT2D eigenvalue weighted by Crippen LogP contribution is -2.53. The van der Waals surface area contributed by atoms with E-state index in [0.717, 1.165) is 31.4 Å². The minimum absolute atomic E-state index is 0.341. The highest BCUT2D eigenvalue weighted by Gasteiger charge is 2.53. The highest BCUT2D eigenvalue weighted by molar-refractivity contribution is 5.93. The van der Waals surface area contributed by atoms with Gasteiger partial charge in [-0.1, -0.05) is 27.7 Å². The third-order valence-electron chi connectivity index (χ3n) is 4.12. The molecule has 87 valence electrons. The van der Waals surface area contributed by atoms with Gasteiger partial charge < -0.3 is 0 Å². The second-order valence-electron chi connectivity index (χ2n) is 4.42. The van der Waals surface area contributed by atoms with Crippen molar-refractivity contribution < 1.29 is 5.21 Å². The normalized spacial score (nSPS) is 24.3. The predicted octanol–water partition coefficient (Wildman–Crippen LogP) is 3.18. The maximum atomic E-state index is 12.5. The first-order valence-corrected chi connectivity index (χ1v) is 6.07. The first-order chi connectivity index (χ1) is 7.03. The van der Waals surface area contributed by atoms with Crippen molar-refractivity contribution in [2.45, 2.75) is 71.5 Å². The second-order valence-corrected chi connectivity index (χ2v) is 4.42. The van der Waals surface area contributed by atoms with Crippen LogP contribution in [-0.2, 0) is 5.21 Å². The SMILES string of the molecule is CCC1(CC)N=C(C)C(CC)(CC)N1[O]. The lowest BCUT2D eigenvalue weighted by molar-refractivity contribution is -0.261. The minimum Gasteiger partial charge on any atom is -0.268 e. The van der Waals surface area contributed by atoms with Crippen molar-refractivity contribution >= 4 is 5.71 Å². The summed E-state index contributed by atoms with van der Waals surface area (Å²) in [6.45, 7) is 10.3. The van der Waals surface area contributed by atoms with Crippen LogP contribution in [0.3, 0.4) is 0 Å². The molecule has 0 aromatic heterocycles. The molecule has 0 amide bonds. The molecule has 0 aliphatic carbocycles. The van der Waals surface area contributed by atoms with Gasteiger partial charge in [0.15, 0.2) is 0 Å². The van der Waals surface area contributed by atoms with Crippen molar-refractivity contribution in [3.05, 3.63) is 0 Å². The quantitative estimate of drug-likeness (QED) is 0.703. The Kier molecular flexibility index (Phi) is 3.56. The summed E-state index contributed by atoms with van der Waals surface area (Å²) in [6, 6.07) is 0. The second kappa shape index (κ2) is 4.22. The molecule has 15 heavy (non-hydrogen) atoms. The maximum absolute atomic E-state index is 12.5. The molecule has 0 bridgehead atoms. The summed E-state index contributed by atoms with van der Waals surface area (Å²) in [6.07, 6.45) is 3.30. The van der Waals surface area contributed by atoms with Crippen molar-refractivity contribution in [3.63, 3.8) is 0 Å². The minimum atomic E-state index is -0.490. The fraction of sp³-hybridized carbons (Fsp3) is 0.917. The summed E-state index contributed by atoms with van der Waals surface area (Å²) in [4.78, 5) is 4.66. The number of nitrogens with zero attached hydrogens (tertiary/aromatic N) is 2. The van der Waals surface area contributed by atoms with Crippen LogP contribution >= 0.6 is 0 Å². The lowest BCUT2D eigenvalue weighted by atomic mass is 9.87. The zero-order valence-corrected chi connectivity index (χ0v) is 10.6. The van der Waals surface area contributed by atoms with Gasteiger partial charge in [-0.05, 0) is 32.6 Å². The van der Waals surface area contributed by atoms with Gasteiger partial charge in [0.05, 0.1) is 5.54 Å². The van der Waals surface area contributed by atoms with E-state index in [1.807, 2.05) is 20.8 Å². The first-order valence-electron chi connectivity index (χ1n) is 6.07. The van der Waals surface area contributed by atoms with Crippen molar-refractivity contribution in [1.82, 2.24) is 5.06 Å². The van der Waals surface area contributed by atoms with E-state index < -0.39 is 5.66 Å². The third kappa shape index (κ3) is 1.53. The van der Waals surface area contributed by atoms with Gasteiger partial charge >= 0.3 is 0 Å². The molecule has 0 unspecified atom stereocenters. The summed E-state index contributed by atoms with van der Waals surface area (Å²) in [5, 5.41) is 13.8. The molecule has 0 saturated carbocycles. The van der Waals surface area contributed by atoms with Crippen LogP contribution in [0.1, 0.15) is 60.3 Å². The lowest BCUT2D eigenvalue weighted by Gasteiger charge is -2.38. The van der Waals surface area contributed by atoms with E-state index in [1.165, 1.54) is 5.06 Å². The molecule has 1 rings (SSSR count). The summed E-state index contributed by atoms with van der Waals surface area (Å²) < 4.78 is 0. The van der Waals surface area contributed by atoms with E-state index >= 15 is 0 Å². The van der Waals surface area contributed by atoms with E-state index in [9.17, 15) is 5.21 Å². The van der Waals surface area contributed by atoms with Gasteiger partial charge in [-0.25, -0.2) is 0 Å². The first kappa shape index (κ1) is 12.7. The molecule has 0 atom stereocenters. The molecule has 0 aromatic carbocycles. The average molecular weight is 211 g/mol. The summed E-state index contributed by atoms with van der Waals surface area (Å²) >= 11 is 0. The Morgan fingerprint density at radius 2 is 1.53 bits per heavy atom. The van der Waals surface area contributed by atoms with Gasteiger partial charge in [0.2, 0.25) is 0 Å². The summed E-state index contributed by atoms with van der Waals surface area (Å²) in [7, 11) is 0. The molecule has 1 aliphatic rings. The van der Waals surface area contributed by atoms with Crippen molar-refractivity contribution in [3.8, 4) is 0 Å². The van der Waals surface area contributed by atoms with Gasteiger partial charge in [-0.3, -0.25) is 4.99 Å². The Hall–Kier alpha value is -0.410. The van der Waals surface area contributed by atoms with Gasteiger partial charge in [0.1, 0.15) is 5.66 Å². The maximum Gasteiger partial charge on any atom is 0.139 e. The fourth-order valence-electron chi connectivity index (χ4n) is 2.75. The molecule has 0 aromatic rings. The third-order valence-corrected chi connectivity index (χ3v) is 4.12. The highest BCUT2D eigenvalue weighted by atomic mass is 16.5. The van der Waals surface area contributed by atoms with Gasteiger partial charge in [0.25, 0.3) is 0 Å². The Balaban J connectivity index is 3.15. The van der Waals surface area contributed by atoms with Crippen LogP contribution in [-0.4, -0.2) is 22.0 Å². The molecule has 1 radical (unpaired) electrons. The standard InChI is InChI=1S/C12H23N2O/c1-6-11(7-2)10(5)13-12(8-3,9-4)14(11)15/h6-9H2,1-5H3. The van der Waals surface area contributed by atoms with Crippen LogP contribution in [0.4, 0.5) is 0 Å². The molecular weight excluding hydrogens is 188 g/mol. The predicted molar refractivity (Wildman–Crippen MR) is 62.3 cm³/mol. The number of aliphatic imine (C=N–C) groups is 1. The molecule has 0 N–H and O–H groups in total. The smallest absolute Gasteiger partial charge is 0.139 e. The van der Waals surface area contributed by atoms with E-state index in [0.29, 0.717) is 0 Å². The summed E-state index contributed by atoms with van der Waals surface area (Å²) in [5.74, 6) is 0. The zero-order chi connectivity index (χ0) is 11.7. The topological polar surface area (TPSA) is 35.5 Å². The Labute approximate surface area is 93.2 Å².